The third kappa shape index (κ3) is 4.62. The summed E-state index contributed by atoms with van der Waals surface area (Å²) in [5, 5.41) is 3.99. The average Bonchev–Trinajstić information content (AvgIpc) is 2.97. The summed E-state index contributed by atoms with van der Waals surface area (Å²) in [6.45, 7) is 4.89. The van der Waals surface area contributed by atoms with Crippen molar-refractivity contribution in [3.05, 3.63) is 47.9 Å². The maximum Gasteiger partial charge on any atom is 0.226 e. The number of nitrogens with zero attached hydrogens (tertiary/aromatic N) is 2. The Hall–Kier alpha value is -2.30. The minimum absolute atomic E-state index is 0.0124. The topological polar surface area (TPSA) is 55.6 Å². The molecule has 5 nitrogen and oxygen atoms in total. The Morgan fingerprint density at radius 1 is 1.32 bits per heavy atom. The Bertz CT molecular complexity index is 593. The fraction of sp³-hybridized carbons (Fsp3) is 0.412. The van der Waals surface area contributed by atoms with E-state index in [1.54, 1.807) is 11.9 Å². The molecule has 2 aromatic rings. The van der Waals surface area contributed by atoms with Gasteiger partial charge in [0.1, 0.15) is 5.75 Å². The molecule has 0 saturated heterocycles. The second kappa shape index (κ2) is 7.64. The number of hydrogen-bond donors (Lipinski definition) is 0. The normalized spacial score (nSPS) is 10.7. The fourth-order valence-electron chi connectivity index (χ4n) is 1.96. The van der Waals surface area contributed by atoms with Crippen LogP contribution in [-0.2, 0) is 11.3 Å². The molecule has 0 saturated carbocycles. The van der Waals surface area contributed by atoms with Crippen molar-refractivity contribution in [1.29, 1.82) is 0 Å². The maximum atomic E-state index is 12.1. The first kappa shape index (κ1) is 16.1. The van der Waals surface area contributed by atoms with Crippen LogP contribution in [0.2, 0.25) is 0 Å². The van der Waals surface area contributed by atoms with Gasteiger partial charge in [0.05, 0.1) is 25.3 Å². The predicted molar refractivity (Wildman–Crippen MR) is 83.6 cm³/mol. The fourth-order valence-corrected chi connectivity index (χ4v) is 1.96. The molecule has 0 aliphatic heterocycles. The van der Waals surface area contributed by atoms with Gasteiger partial charge in [-0.15, -0.1) is 0 Å². The number of carbonyl (C=O) groups is 1. The summed E-state index contributed by atoms with van der Waals surface area (Å²) >= 11 is 0. The molecule has 0 aliphatic rings. The van der Waals surface area contributed by atoms with Gasteiger partial charge in [-0.2, -0.15) is 0 Å². The first-order valence-corrected chi connectivity index (χ1v) is 7.43. The van der Waals surface area contributed by atoms with Crippen molar-refractivity contribution < 1.29 is 14.1 Å². The van der Waals surface area contributed by atoms with Crippen molar-refractivity contribution in [3.63, 3.8) is 0 Å². The number of para-hydroxylation sites is 1. The molecular weight excluding hydrogens is 280 g/mol. The van der Waals surface area contributed by atoms with Crippen molar-refractivity contribution >= 4 is 5.91 Å². The Kier molecular flexibility index (Phi) is 5.58. The summed E-state index contributed by atoms with van der Waals surface area (Å²) in [7, 11) is 1.75. The van der Waals surface area contributed by atoms with Crippen LogP contribution in [0, 0.1) is 0 Å². The highest BCUT2D eigenvalue weighted by atomic mass is 16.5. The van der Waals surface area contributed by atoms with Gasteiger partial charge in [0.15, 0.2) is 5.76 Å². The van der Waals surface area contributed by atoms with Crippen molar-refractivity contribution in [2.45, 2.75) is 32.7 Å². The lowest BCUT2D eigenvalue weighted by molar-refractivity contribution is -0.131. The van der Waals surface area contributed by atoms with E-state index in [9.17, 15) is 4.79 Å². The average molecular weight is 302 g/mol. The molecule has 0 fully saturated rings. The molecule has 1 aromatic carbocycles. The van der Waals surface area contributed by atoms with Gasteiger partial charge in [-0.25, -0.2) is 0 Å². The van der Waals surface area contributed by atoms with Crippen LogP contribution in [0.15, 0.2) is 40.9 Å². The molecule has 2 rings (SSSR count). The Morgan fingerprint density at radius 2 is 2.05 bits per heavy atom. The molecule has 0 spiro atoms. The highest BCUT2D eigenvalue weighted by molar-refractivity contribution is 5.75. The summed E-state index contributed by atoms with van der Waals surface area (Å²) in [5.41, 5.74) is 0.906. The zero-order chi connectivity index (χ0) is 15.9. The number of carbonyl (C=O) groups excluding carboxylic acids is 1. The number of rotatable bonds is 7. The van der Waals surface area contributed by atoms with Gasteiger partial charge in [0.25, 0.3) is 0 Å². The summed E-state index contributed by atoms with van der Waals surface area (Å²) in [6.07, 6.45) is 0.330. The summed E-state index contributed by atoms with van der Waals surface area (Å²) in [4.78, 5) is 13.7. The molecule has 0 radical (unpaired) electrons. The van der Waals surface area contributed by atoms with Crippen LogP contribution in [0.5, 0.6) is 5.75 Å². The standard InChI is InChI=1S/C17H22N2O3/c1-13(2)16-11-15(22-18-16)12-19(3)17(20)9-10-21-14-7-5-4-6-8-14/h4-8,11,13H,9-10,12H2,1-3H3. The van der Waals surface area contributed by atoms with Gasteiger partial charge in [-0.05, 0) is 18.1 Å². The van der Waals surface area contributed by atoms with E-state index in [0.29, 0.717) is 31.3 Å². The van der Waals surface area contributed by atoms with Crippen LogP contribution >= 0.6 is 0 Å². The zero-order valence-corrected chi connectivity index (χ0v) is 13.3. The van der Waals surface area contributed by atoms with Crippen LogP contribution in [0.4, 0.5) is 0 Å². The lowest BCUT2D eigenvalue weighted by Gasteiger charge is -2.15. The van der Waals surface area contributed by atoms with E-state index in [-0.39, 0.29) is 5.91 Å². The molecule has 5 heteroatoms. The number of hydrogen-bond acceptors (Lipinski definition) is 4. The van der Waals surface area contributed by atoms with E-state index in [0.717, 1.165) is 11.4 Å². The Balaban J connectivity index is 1.76. The maximum absolute atomic E-state index is 12.1. The largest absolute Gasteiger partial charge is 0.493 e. The smallest absolute Gasteiger partial charge is 0.226 e. The first-order valence-electron chi connectivity index (χ1n) is 7.43. The molecular formula is C17H22N2O3. The van der Waals surface area contributed by atoms with Crippen molar-refractivity contribution in [2.75, 3.05) is 13.7 Å². The van der Waals surface area contributed by atoms with E-state index in [4.69, 9.17) is 9.26 Å². The predicted octanol–water partition coefficient (Wildman–Crippen LogP) is 3.23. The van der Waals surface area contributed by atoms with Gasteiger partial charge in [-0.1, -0.05) is 37.2 Å². The minimum atomic E-state index is 0.0124. The molecule has 22 heavy (non-hydrogen) atoms. The molecule has 118 valence electrons. The second-order valence-electron chi connectivity index (χ2n) is 5.53. The number of benzene rings is 1. The van der Waals surface area contributed by atoms with E-state index < -0.39 is 0 Å². The van der Waals surface area contributed by atoms with Crippen LogP contribution in [0.1, 0.15) is 37.6 Å². The molecule has 1 aromatic heterocycles. The first-order chi connectivity index (χ1) is 10.6. The number of aromatic nitrogens is 1. The summed E-state index contributed by atoms with van der Waals surface area (Å²) in [5.74, 6) is 1.80. The quantitative estimate of drug-likeness (QED) is 0.788. The molecule has 0 aliphatic carbocycles. The molecule has 0 N–H and O–H groups in total. The van der Waals surface area contributed by atoms with Crippen LogP contribution in [0.3, 0.4) is 0 Å². The van der Waals surface area contributed by atoms with Crippen LogP contribution in [0.25, 0.3) is 0 Å². The van der Waals surface area contributed by atoms with Gasteiger partial charge < -0.3 is 14.2 Å². The molecule has 0 atom stereocenters. The minimum Gasteiger partial charge on any atom is -0.493 e. The lowest BCUT2D eigenvalue weighted by atomic mass is 10.1. The summed E-state index contributed by atoms with van der Waals surface area (Å²) < 4.78 is 10.8. The Morgan fingerprint density at radius 3 is 2.68 bits per heavy atom. The SMILES string of the molecule is CC(C)c1cc(CN(C)C(=O)CCOc2ccccc2)on1. The van der Waals surface area contributed by atoms with Crippen LogP contribution in [-0.4, -0.2) is 29.6 Å². The van der Waals surface area contributed by atoms with Crippen LogP contribution < -0.4 is 4.74 Å². The molecule has 1 amide bonds. The second-order valence-corrected chi connectivity index (χ2v) is 5.53. The van der Waals surface area contributed by atoms with Gasteiger partial charge >= 0.3 is 0 Å². The molecule has 0 bridgehead atoms. The van der Waals surface area contributed by atoms with Gasteiger partial charge in [0.2, 0.25) is 5.91 Å². The third-order valence-corrected chi connectivity index (χ3v) is 3.32. The zero-order valence-electron chi connectivity index (χ0n) is 13.3. The Labute approximate surface area is 130 Å². The van der Waals surface area contributed by atoms with Crippen molar-refractivity contribution in [2.24, 2.45) is 0 Å². The molecule has 1 heterocycles. The highest BCUT2D eigenvalue weighted by Crippen LogP contribution is 2.15. The van der Waals surface area contributed by atoms with E-state index >= 15 is 0 Å². The monoisotopic (exact) mass is 302 g/mol. The van der Waals surface area contributed by atoms with E-state index in [1.165, 1.54) is 0 Å². The number of ether oxygens (including phenoxy) is 1. The number of amides is 1. The van der Waals surface area contributed by atoms with Gasteiger partial charge in [-0.3, -0.25) is 4.79 Å². The van der Waals surface area contributed by atoms with E-state index in [1.807, 2.05) is 36.4 Å². The third-order valence-electron chi connectivity index (χ3n) is 3.32. The summed E-state index contributed by atoms with van der Waals surface area (Å²) in [6, 6.07) is 11.4. The van der Waals surface area contributed by atoms with E-state index in [2.05, 4.69) is 19.0 Å². The lowest BCUT2D eigenvalue weighted by Crippen LogP contribution is -2.27. The van der Waals surface area contributed by atoms with Crippen molar-refractivity contribution in [1.82, 2.24) is 10.1 Å². The van der Waals surface area contributed by atoms with Gasteiger partial charge in [0, 0.05) is 13.1 Å². The van der Waals surface area contributed by atoms with Crippen molar-refractivity contribution in [3.8, 4) is 5.75 Å². The highest BCUT2D eigenvalue weighted by Gasteiger charge is 2.13. The molecule has 0 unspecified atom stereocenters.